The number of carbonyl (C=O) groups is 6. The molecule has 3 aromatic carbocycles. The number of carboxylic acids is 1. The van der Waals surface area contributed by atoms with Crippen LogP contribution < -0.4 is 5.32 Å². The number of aliphatic carboxylic acids is 1. The number of rotatable bonds is 32. The lowest BCUT2D eigenvalue weighted by atomic mass is 9.98. The van der Waals surface area contributed by atoms with E-state index in [0.717, 1.165) is 38.9 Å². The zero-order chi connectivity index (χ0) is 61.9. The molecule has 0 saturated carbocycles. The number of nitrogens with one attached hydrogen (secondary N) is 1. The highest BCUT2D eigenvalue weighted by Gasteiger charge is 2.40. The number of carbonyl (C=O) groups excluding carboxylic acids is 5. The summed E-state index contributed by atoms with van der Waals surface area (Å²) in [5, 5.41) is 15.4. The first kappa shape index (κ1) is 68.1. The van der Waals surface area contributed by atoms with Crippen LogP contribution in [0.3, 0.4) is 0 Å². The molecular formula is C62H97N7O11Si3. The number of benzene rings is 3. The fraction of sp³-hybridized carbons (Fsp3) is 0.581. The molecule has 0 bridgehead atoms. The number of ether oxygens (including phenoxy) is 1. The van der Waals surface area contributed by atoms with Crippen molar-refractivity contribution in [1.29, 1.82) is 0 Å². The third-order valence-electron chi connectivity index (χ3n) is 18.4. The Kier molecular flexibility index (Phi) is 23.4. The third kappa shape index (κ3) is 18.4. The number of aryl methyl sites for hydroxylation is 1. The maximum atomic E-state index is 14.7. The van der Waals surface area contributed by atoms with Gasteiger partial charge >= 0.3 is 12.1 Å². The summed E-state index contributed by atoms with van der Waals surface area (Å²) in [5.74, 6) is -3.00. The first-order valence-electron chi connectivity index (χ1n) is 29.4. The molecular weight excluding hydrogens is 1100 g/mol. The molecule has 0 atom stereocenters. The molecule has 5 N–H and O–H groups in total. The van der Waals surface area contributed by atoms with Crippen LogP contribution in [0, 0.1) is 0 Å². The number of hydrazine groups is 1. The van der Waals surface area contributed by atoms with Crippen molar-refractivity contribution in [2.45, 2.75) is 166 Å². The van der Waals surface area contributed by atoms with Crippen LogP contribution in [0.2, 0.25) is 54.4 Å². The van der Waals surface area contributed by atoms with Gasteiger partial charge in [-0.3, -0.25) is 24.0 Å². The van der Waals surface area contributed by atoms with Gasteiger partial charge in [0.25, 0.3) is 0 Å². The summed E-state index contributed by atoms with van der Waals surface area (Å²) in [6, 6.07) is 26.2. The number of amides is 5. The average Bonchev–Trinajstić information content (AvgIpc) is 2.47. The molecule has 1 aliphatic carbocycles. The van der Waals surface area contributed by atoms with Crippen molar-refractivity contribution in [2.24, 2.45) is 0 Å². The van der Waals surface area contributed by atoms with Crippen molar-refractivity contribution in [3.63, 3.8) is 0 Å². The van der Waals surface area contributed by atoms with Crippen molar-refractivity contribution < 1.29 is 53.0 Å². The number of carboxylic acid groups (broad SMARTS) is 1. The van der Waals surface area contributed by atoms with Gasteiger partial charge in [-0.1, -0.05) is 108 Å². The van der Waals surface area contributed by atoms with Gasteiger partial charge in [-0.25, -0.2) is 14.8 Å². The largest absolute Gasteiger partial charge is 0.481 e. The molecule has 21 heteroatoms. The quantitative estimate of drug-likeness (QED) is 0.0228. The fourth-order valence-electron chi connectivity index (χ4n) is 10.2. The molecule has 0 aliphatic heterocycles. The zero-order valence-corrected chi connectivity index (χ0v) is 55.1. The first-order valence-corrected chi connectivity index (χ1v) is 38.3. The fourth-order valence-corrected chi connectivity index (χ4v) is 12.5. The van der Waals surface area contributed by atoms with Crippen LogP contribution in [0.15, 0.2) is 78.9 Å². The molecule has 0 radical (unpaired) electrons. The zero-order valence-electron chi connectivity index (χ0n) is 52.1. The summed E-state index contributed by atoms with van der Waals surface area (Å²) in [5.41, 5.74) is 6.24. The van der Waals surface area contributed by atoms with E-state index >= 15 is 0 Å². The van der Waals surface area contributed by atoms with Gasteiger partial charge in [-0.15, -0.1) is 0 Å². The summed E-state index contributed by atoms with van der Waals surface area (Å²) in [6.45, 7) is 23.1. The Hall–Kier alpha value is -5.69. The Balaban J connectivity index is 1.29. The number of fused-ring (bicyclic) bond motifs is 4. The monoisotopic (exact) mass is 1200 g/mol. The van der Waals surface area contributed by atoms with Crippen LogP contribution in [0.4, 0.5) is 4.79 Å². The maximum Gasteiger partial charge on any atom is 0.424 e. The summed E-state index contributed by atoms with van der Waals surface area (Å²) < 4.78 is 7.99. The van der Waals surface area contributed by atoms with Crippen molar-refractivity contribution in [3.05, 3.63) is 95.7 Å². The minimum atomic E-state index is -2.65. The van der Waals surface area contributed by atoms with Crippen LogP contribution in [0.25, 0.3) is 22.0 Å². The molecule has 458 valence electrons. The molecule has 83 heavy (non-hydrogen) atoms. The molecule has 0 fully saturated rings. The number of hydrogen-bond donors (Lipinski definition) is 5. The summed E-state index contributed by atoms with van der Waals surface area (Å²) >= 11 is 0. The second-order valence-electron chi connectivity index (χ2n) is 26.3. The molecule has 0 saturated heterocycles. The lowest BCUT2D eigenvalue weighted by Gasteiger charge is -2.37. The van der Waals surface area contributed by atoms with Crippen molar-refractivity contribution in [1.82, 2.24) is 34.6 Å². The second kappa shape index (κ2) is 28.5. The van der Waals surface area contributed by atoms with Crippen LogP contribution >= 0.6 is 0 Å². The SMILES string of the molecule is CN(Cc1cc2ccccc2n1CCC(=O)NCC(=O)N(CCCC(C)(C)[Si](C)(C)O)CC(=O)N(CCCC(C)(C)[Si](C)(C)O)CC(=O)N(CCCC(C)(C)[Si](C)(C)O)CCC(=O)O)N(C)C(=O)OCC1c2ccccc2-c2ccccc21. The lowest BCUT2D eigenvalue weighted by Crippen LogP contribution is -2.50. The van der Waals surface area contributed by atoms with Crippen molar-refractivity contribution >= 4 is 71.5 Å². The summed E-state index contributed by atoms with van der Waals surface area (Å²) in [6.07, 6.45) is 2.31. The van der Waals surface area contributed by atoms with E-state index in [0.29, 0.717) is 45.1 Å². The van der Waals surface area contributed by atoms with Gasteiger partial charge in [0, 0.05) is 70.4 Å². The van der Waals surface area contributed by atoms with Gasteiger partial charge in [-0.05, 0) is 133 Å². The molecule has 0 spiro atoms. The molecule has 1 heterocycles. The Morgan fingerprint density at radius 2 is 1.05 bits per heavy atom. The van der Waals surface area contributed by atoms with Gasteiger partial charge < -0.3 is 48.8 Å². The minimum Gasteiger partial charge on any atom is -0.481 e. The predicted molar refractivity (Wildman–Crippen MR) is 335 cm³/mol. The third-order valence-corrected chi connectivity index (χ3v) is 29.1. The van der Waals surface area contributed by atoms with E-state index in [1.807, 2.05) is 140 Å². The maximum absolute atomic E-state index is 14.7. The molecule has 1 aromatic heterocycles. The number of nitrogens with zero attached hydrogens (tertiary/aromatic N) is 6. The Labute approximate surface area is 496 Å². The predicted octanol–water partition coefficient (Wildman–Crippen LogP) is 9.61. The van der Waals surface area contributed by atoms with Gasteiger partial charge in [-0.2, -0.15) is 0 Å². The summed E-state index contributed by atoms with van der Waals surface area (Å²) in [4.78, 5) is 120. The molecule has 5 rings (SSSR count). The van der Waals surface area contributed by atoms with E-state index < -0.39 is 83.8 Å². The van der Waals surface area contributed by atoms with E-state index in [1.165, 1.54) is 19.7 Å². The highest BCUT2D eigenvalue weighted by atomic mass is 28.4. The lowest BCUT2D eigenvalue weighted by molar-refractivity contribution is -0.145. The van der Waals surface area contributed by atoms with Crippen LogP contribution in [0.1, 0.15) is 116 Å². The smallest absolute Gasteiger partial charge is 0.424 e. The summed E-state index contributed by atoms with van der Waals surface area (Å²) in [7, 11) is -4.42. The topological polar surface area (TPSA) is 226 Å². The van der Waals surface area contributed by atoms with Crippen molar-refractivity contribution in [2.75, 3.05) is 66.5 Å². The van der Waals surface area contributed by atoms with E-state index in [2.05, 4.69) is 29.6 Å². The van der Waals surface area contributed by atoms with Crippen molar-refractivity contribution in [3.8, 4) is 11.1 Å². The Morgan fingerprint density at radius 1 is 0.602 bits per heavy atom. The van der Waals surface area contributed by atoms with Gasteiger partial charge in [0.05, 0.1) is 32.6 Å². The van der Waals surface area contributed by atoms with E-state index in [-0.39, 0.29) is 69.7 Å². The first-order chi connectivity index (χ1) is 38.5. The second-order valence-corrected chi connectivity index (χ2v) is 39.7. The minimum absolute atomic E-state index is 0.00350. The molecule has 0 unspecified atom stereocenters. The van der Waals surface area contributed by atoms with E-state index in [4.69, 9.17) is 4.74 Å². The highest BCUT2D eigenvalue weighted by Crippen LogP contribution is 2.45. The Morgan fingerprint density at radius 3 is 1.54 bits per heavy atom. The number of hydrogen-bond acceptors (Lipinski definition) is 11. The van der Waals surface area contributed by atoms with Crippen LogP contribution in [-0.2, 0) is 41.8 Å². The van der Waals surface area contributed by atoms with Gasteiger partial charge in [0.1, 0.15) is 6.61 Å². The van der Waals surface area contributed by atoms with Crippen LogP contribution in [-0.4, -0.2) is 176 Å². The molecule has 18 nitrogen and oxygen atoms in total. The molecule has 5 amide bonds. The van der Waals surface area contributed by atoms with Gasteiger partial charge in [0.15, 0.2) is 25.0 Å². The molecule has 1 aliphatic rings. The van der Waals surface area contributed by atoms with Crippen LogP contribution in [0.5, 0.6) is 0 Å². The highest BCUT2D eigenvalue weighted by molar-refractivity contribution is 6.73. The van der Waals surface area contributed by atoms with E-state index in [1.54, 1.807) is 19.1 Å². The molecule has 4 aromatic rings. The van der Waals surface area contributed by atoms with E-state index in [9.17, 15) is 48.3 Å². The normalized spacial score (nSPS) is 13.2. The Bertz CT molecular complexity index is 2840. The number of para-hydroxylation sites is 1. The average molecular weight is 1200 g/mol. The number of aromatic nitrogens is 1. The standard InChI is InChI=1S/C62H97N7O11Si3/c1-60(2,81(9,10)77)32-21-35-66(38-31-58(74)75)56(72)43-68(37-23-34-62(5,6)83(13,14)79)57(73)44-67(36-22-33-61(3,4)82(11,12)78)55(71)41-63-54(70)30-39-69-47(40-46-24-15-20-29-53(46)69)42-64(7)65(8)59(76)80-45-52-50-27-18-16-25-48(50)49-26-17-19-28-51(49)52/h15-20,24-29,40,52,77-79H,21-23,30-39,41-45H2,1-14H3,(H,63,70)(H,74,75). The van der Waals surface area contributed by atoms with Gasteiger partial charge in [0.2, 0.25) is 23.6 Å².